The van der Waals surface area contributed by atoms with Gasteiger partial charge in [-0.3, -0.25) is 0 Å². The van der Waals surface area contributed by atoms with Gasteiger partial charge >= 0.3 is 0 Å². The van der Waals surface area contributed by atoms with Crippen molar-refractivity contribution in [3.63, 3.8) is 0 Å². The second-order valence-corrected chi connectivity index (χ2v) is 5.77. The van der Waals surface area contributed by atoms with Gasteiger partial charge in [-0.2, -0.15) is 0 Å². The normalized spacial score (nSPS) is 23.1. The summed E-state index contributed by atoms with van der Waals surface area (Å²) in [6.07, 6.45) is 1.28. The molecule has 0 amide bonds. The van der Waals surface area contributed by atoms with Crippen LogP contribution in [0, 0.1) is 0 Å². The highest BCUT2D eigenvalue weighted by Crippen LogP contribution is 2.19. The van der Waals surface area contributed by atoms with Crippen LogP contribution in [0.3, 0.4) is 0 Å². The Morgan fingerprint density at radius 2 is 2.57 bits per heavy atom. The molecule has 1 atom stereocenters. The molecule has 2 heterocycles. The molecule has 4 heteroatoms. The molecule has 1 fully saturated rings. The fourth-order valence-corrected chi connectivity index (χ4v) is 3.19. The van der Waals surface area contributed by atoms with E-state index in [0.29, 0.717) is 6.04 Å². The van der Waals surface area contributed by atoms with Crippen LogP contribution >= 0.6 is 27.3 Å². The molecule has 1 N–H and O–H groups in total. The van der Waals surface area contributed by atoms with Crippen molar-refractivity contribution in [1.82, 2.24) is 10.2 Å². The van der Waals surface area contributed by atoms with Gasteiger partial charge in [-0.25, -0.2) is 0 Å². The van der Waals surface area contributed by atoms with E-state index in [0.717, 1.165) is 6.54 Å². The van der Waals surface area contributed by atoms with E-state index >= 15 is 0 Å². The molecule has 1 aromatic rings. The first-order valence-corrected chi connectivity index (χ1v) is 6.56. The Morgan fingerprint density at radius 1 is 1.71 bits per heavy atom. The fourth-order valence-electron chi connectivity index (χ4n) is 1.79. The summed E-state index contributed by atoms with van der Waals surface area (Å²) in [6, 6.07) is 2.87. The molecule has 0 radical (unpaired) electrons. The Morgan fingerprint density at radius 3 is 3.14 bits per heavy atom. The van der Waals surface area contributed by atoms with E-state index < -0.39 is 0 Å². The maximum atomic E-state index is 3.59. The lowest BCUT2D eigenvalue weighted by Crippen LogP contribution is -2.30. The van der Waals surface area contributed by atoms with E-state index in [1.807, 2.05) is 11.3 Å². The van der Waals surface area contributed by atoms with E-state index in [-0.39, 0.29) is 0 Å². The zero-order chi connectivity index (χ0) is 9.97. The number of hydrogen-bond acceptors (Lipinski definition) is 3. The van der Waals surface area contributed by atoms with Gasteiger partial charge in [0.15, 0.2) is 0 Å². The van der Waals surface area contributed by atoms with Crippen LogP contribution in [-0.4, -0.2) is 31.1 Å². The Hall–Kier alpha value is 0.1000. The molecular formula is C10H15BrN2S. The van der Waals surface area contributed by atoms with Gasteiger partial charge in [-0.05, 0) is 42.0 Å². The van der Waals surface area contributed by atoms with Crippen molar-refractivity contribution < 1.29 is 0 Å². The van der Waals surface area contributed by atoms with Crippen molar-refractivity contribution >= 4 is 27.3 Å². The number of nitrogens with one attached hydrogen (secondary N) is 1. The number of rotatable bonds is 3. The van der Waals surface area contributed by atoms with Gasteiger partial charge < -0.3 is 10.2 Å². The molecule has 0 bridgehead atoms. The van der Waals surface area contributed by atoms with Crippen LogP contribution in [0.25, 0.3) is 0 Å². The summed E-state index contributed by atoms with van der Waals surface area (Å²) < 4.78 is 1.20. The highest BCUT2D eigenvalue weighted by molar-refractivity contribution is 9.10. The number of likely N-dealkylation sites (tertiary alicyclic amines) is 1. The fraction of sp³-hybridized carbons (Fsp3) is 0.600. The Labute approximate surface area is 97.4 Å². The molecule has 78 valence electrons. The lowest BCUT2D eigenvalue weighted by molar-refractivity contribution is 0.398. The SMILES string of the molecule is CN1CCC(NCc2cc(Br)cs2)C1. The Balaban J connectivity index is 1.77. The molecule has 1 aliphatic rings. The molecule has 1 unspecified atom stereocenters. The van der Waals surface area contributed by atoms with Gasteiger partial charge in [0.1, 0.15) is 0 Å². The van der Waals surface area contributed by atoms with E-state index in [1.165, 1.54) is 28.9 Å². The summed E-state index contributed by atoms with van der Waals surface area (Å²) in [6.45, 7) is 3.42. The number of thiophene rings is 1. The second-order valence-electron chi connectivity index (χ2n) is 3.86. The van der Waals surface area contributed by atoms with Gasteiger partial charge in [-0.1, -0.05) is 0 Å². The third kappa shape index (κ3) is 2.79. The van der Waals surface area contributed by atoms with Crippen molar-refractivity contribution in [2.75, 3.05) is 20.1 Å². The van der Waals surface area contributed by atoms with Crippen LogP contribution in [0.15, 0.2) is 15.9 Å². The molecule has 1 aliphatic heterocycles. The van der Waals surface area contributed by atoms with Crippen LogP contribution in [0.1, 0.15) is 11.3 Å². The average molecular weight is 275 g/mol. The van der Waals surface area contributed by atoms with Crippen molar-refractivity contribution in [2.24, 2.45) is 0 Å². The first-order valence-electron chi connectivity index (χ1n) is 4.89. The third-order valence-corrected chi connectivity index (χ3v) is 4.28. The average Bonchev–Trinajstić information content (AvgIpc) is 2.72. The Bertz CT molecular complexity index is 300. The van der Waals surface area contributed by atoms with Crippen molar-refractivity contribution in [3.8, 4) is 0 Å². The largest absolute Gasteiger partial charge is 0.308 e. The topological polar surface area (TPSA) is 15.3 Å². The minimum absolute atomic E-state index is 0.681. The zero-order valence-corrected chi connectivity index (χ0v) is 10.7. The highest BCUT2D eigenvalue weighted by atomic mass is 79.9. The third-order valence-electron chi connectivity index (χ3n) is 2.58. The molecule has 0 aliphatic carbocycles. The van der Waals surface area contributed by atoms with Gasteiger partial charge in [0.2, 0.25) is 0 Å². The van der Waals surface area contributed by atoms with Crippen molar-refractivity contribution in [1.29, 1.82) is 0 Å². The Kier molecular flexibility index (Phi) is 3.60. The van der Waals surface area contributed by atoms with Gasteiger partial charge in [-0.15, -0.1) is 11.3 Å². The summed E-state index contributed by atoms with van der Waals surface area (Å²) in [5.74, 6) is 0. The lowest BCUT2D eigenvalue weighted by atomic mass is 10.2. The highest BCUT2D eigenvalue weighted by Gasteiger charge is 2.18. The van der Waals surface area contributed by atoms with Crippen LogP contribution in [-0.2, 0) is 6.54 Å². The predicted molar refractivity (Wildman–Crippen MR) is 64.8 cm³/mol. The van der Waals surface area contributed by atoms with Crippen molar-refractivity contribution in [3.05, 3.63) is 20.8 Å². The smallest absolute Gasteiger partial charge is 0.0303 e. The molecule has 1 saturated heterocycles. The summed E-state index contributed by atoms with van der Waals surface area (Å²) in [4.78, 5) is 3.79. The number of halogens is 1. The molecule has 0 spiro atoms. The standard InChI is InChI=1S/C10H15BrN2S/c1-13-3-2-9(6-13)12-5-10-4-8(11)7-14-10/h4,7,9,12H,2-3,5-6H2,1H3. The molecule has 0 aromatic carbocycles. The monoisotopic (exact) mass is 274 g/mol. The van der Waals surface area contributed by atoms with E-state index in [4.69, 9.17) is 0 Å². The quantitative estimate of drug-likeness (QED) is 0.910. The molecule has 0 saturated carbocycles. The summed E-state index contributed by atoms with van der Waals surface area (Å²) >= 11 is 5.28. The maximum absolute atomic E-state index is 3.59. The predicted octanol–water partition coefficient (Wildman–Crippen LogP) is 2.30. The molecule has 2 nitrogen and oxygen atoms in total. The lowest BCUT2D eigenvalue weighted by Gasteiger charge is -2.11. The van der Waals surface area contributed by atoms with Crippen LogP contribution in [0.2, 0.25) is 0 Å². The summed E-state index contributed by atoms with van der Waals surface area (Å²) in [5.41, 5.74) is 0. The van der Waals surface area contributed by atoms with Crippen LogP contribution in [0.4, 0.5) is 0 Å². The first kappa shape index (κ1) is 10.6. The number of nitrogens with zero attached hydrogens (tertiary/aromatic N) is 1. The van der Waals surface area contributed by atoms with E-state index in [2.05, 4.69) is 44.6 Å². The first-order chi connectivity index (χ1) is 6.74. The minimum Gasteiger partial charge on any atom is -0.308 e. The minimum atomic E-state index is 0.681. The van der Waals surface area contributed by atoms with Gasteiger partial charge in [0.05, 0.1) is 0 Å². The maximum Gasteiger partial charge on any atom is 0.0303 e. The molecular weight excluding hydrogens is 260 g/mol. The second kappa shape index (κ2) is 4.75. The van der Waals surface area contributed by atoms with E-state index in [9.17, 15) is 0 Å². The summed E-state index contributed by atoms with van der Waals surface area (Å²) in [5, 5.41) is 5.73. The van der Waals surface area contributed by atoms with Crippen LogP contribution in [0.5, 0.6) is 0 Å². The molecule has 2 rings (SSSR count). The van der Waals surface area contributed by atoms with Crippen LogP contribution < -0.4 is 5.32 Å². The number of hydrogen-bond donors (Lipinski definition) is 1. The summed E-state index contributed by atoms with van der Waals surface area (Å²) in [7, 11) is 2.18. The van der Waals surface area contributed by atoms with Crippen molar-refractivity contribution in [2.45, 2.75) is 19.0 Å². The molecule has 1 aromatic heterocycles. The van der Waals surface area contributed by atoms with Gasteiger partial charge in [0.25, 0.3) is 0 Å². The number of likely N-dealkylation sites (N-methyl/N-ethyl adjacent to an activating group) is 1. The zero-order valence-electron chi connectivity index (χ0n) is 8.29. The van der Waals surface area contributed by atoms with E-state index in [1.54, 1.807) is 0 Å². The molecule has 14 heavy (non-hydrogen) atoms. The van der Waals surface area contributed by atoms with Gasteiger partial charge in [0, 0.05) is 33.9 Å².